The Hall–Kier alpha value is -1.75. The molecule has 0 atom stereocenters. The number of hydrogen-bond acceptors (Lipinski definition) is 5. The van der Waals surface area contributed by atoms with Gasteiger partial charge in [-0.05, 0) is 25.0 Å². The third-order valence-corrected chi connectivity index (χ3v) is 2.70. The minimum Gasteiger partial charge on any atom is -0.420 e. The predicted octanol–water partition coefficient (Wildman–Crippen LogP) is 2.84. The van der Waals surface area contributed by atoms with E-state index in [9.17, 15) is 0 Å². The quantitative estimate of drug-likeness (QED) is 0.795. The van der Waals surface area contributed by atoms with E-state index in [0.29, 0.717) is 5.75 Å². The lowest BCUT2D eigenvalue weighted by atomic mass is 10.2. The highest BCUT2D eigenvalue weighted by molar-refractivity contribution is 6.30. The maximum atomic E-state index is 5.89. The molecule has 18 heavy (non-hydrogen) atoms. The number of aromatic nitrogens is 4. The molecule has 0 saturated carbocycles. The number of rotatable bonds is 4. The Kier molecular flexibility index (Phi) is 4.04. The van der Waals surface area contributed by atoms with Crippen LogP contribution in [0.2, 0.25) is 5.15 Å². The van der Waals surface area contributed by atoms with E-state index in [0.717, 1.165) is 24.2 Å². The van der Waals surface area contributed by atoms with Gasteiger partial charge < -0.3 is 4.74 Å². The van der Waals surface area contributed by atoms with E-state index in [1.54, 1.807) is 18.3 Å². The van der Waals surface area contributed by atoms with Crippen molar-refractivity contribution < 1.29 is 4.74 Å². The lowest BCUT2D eigenvalue weighted by molar-refractivity contribution is 0.427. The summed E-state index contributed by atoms with van der Waals surface area (Å²) in [5.41, 5.74) is 1.78. The number of ether oxygens (including phenoxy) is 1. The van der Waals surface area contributed by atoms with Gasteiger partial charge in [0.1, 0.15) is 0 Å². The highest BCUT2D eigenvalue weighted by Gasteiger charge is 2.09. The molecule has 0 saturated heterocycles. The minimum absolute atomic E-state index is 0.193. The first-order valence-corrected chi connectivity index (χ1v) is 6.13. The molecule has 2 rings (SSSR count). The Labute approximate surface area is 110 Å². The molecule has 0 aliphatic rings. The van der Waals surface area contributed by atoms with Crippen molar-refractivity contribution in [3.63, 3.8) is 0 Å². The van der Waals surface area contributed by atoms with Crippen molar-refractivity contribution in [2.75, 3.05) is 0 Å². The summed E-state index contributed by atoms with van der Waals surface area (Å²) in [5, 5.41) is 8.29. The number of halogens is 1. The van der Waals surface area contributed by atoms with E-state index >= 15 is 0 Å². The Bertz CT molecular complexity index is 547. The zero-order valence-electron chi connectivity index (χ0n) is 10.2. The average molecular weight is 265 g/mol. The van der Waals surface area contributed by atoms with E-state index in [1.165, 1.54) is 0 Å². The summed E-state index contributed by atoms with van der Waals surface area (Å²) >= 11 is 5.89. The van der Waals surface area contributed by atoms with Crippen molar-refractivity contribution in [3.05, 3.63) is 34.9 Å². The summed E-state index contributed by atoms with van der Waals surface area (Å²) in [4.78, 5) is 8.23. The van der Waals surface area contributed by atoms with Gasteiger partial charge in [-0.2, -0.15) is 4.98 Å². The van der Waals surface area contributed by atoms with E-state index in [1.807, 2.05) is 13.8 Å². The van der Waals surface area contributed by atoms with Crippen LogP contribution >= 0.6 is 11.6 Å². The molecule has 0 fully saturated rings. The van der Waals surface area contributed by atoms with E-state index in [-0.39, 0.29) is 11.2 Å². The predicted molar refractivity (Wildman–Crippen MR) is 67.9 cm³/mol. The van der Waals surface area contributed by atoms with Crippen molar-refractivity contribution in [1.29, 1.82) is 0 Å². The first-order valence-electron chi connectivity index (χ1n) is 5.75. The summed E-state index contributed by atoms with van der Waals surface area (Å²) in [6.07, 6.45) is 3.18. The van der Waals surface area contributed by atoms with E-state index < -0.39 is 0 Å². The van der Waals surface area contributed by atoms with Gasteiger partial charge in [0.2, 0.25) is 0 Å². The summed E-state index contributed by atoms with van der Waals surface area (Å²) in [6, 6.07) is 3.63. The number of nitrogens with zero attached hydrogens (tertiary/aromatic N) is 4. The second kappa shape index (κ2) is 5.73. The minimum atomic E-state index is 0.193. The summed E-state index contributed by atoms with van der Waals surface area (Å²) in [6.45, 7) is 4.04. The fourth-order valence-corrected chi connectivity index (χ4v) is 1.67. The van der Waals surface area contributed by atoms with Crippen LogP contribution in [0.3, 0.4) is 0 Å². The van der Waals surface area contributed by atoms with Crippen LogP contribution in [0.15, 0.2) is 18.3 Å². The SMILES string of the molecule is CCc1nnc(Oc2cccnc2Cl)nc1CC. The van der Waals surface area contributed by atoms with Gasteiger partial charge in [-0.25, -0.2) is 4.98 Å². The van der Waals surface area contributed by atoms with Gasteiger partial charge in [0.25, 0.3) is 0 Å². The lowest BCUT2D eigenvalue weighted by Crippen LogP contribution is -2.04. The molecule has 0 bridgehead atoms. The molecule has 6 heteroatoms. The molecule has 0 aliphatic carbocycles. The monoisotopic (exact) mass is 264 g/mol. The molecule has 2 aromatic heterocycles. The standard InChI is InChI=1S/C12H13ClN4O/c1-3-8-9(4-2)16-17-12(15-8)18-10-6-5-7-14-11(10)13/h5-7H,3-4H2,1-2H3. The summed E-state index contributed by atoms with van der Waals surface area (Å²) in [5.74, 6) is 0.423. The van der Waals surface area contributed by atoms with Crippen molar-refractivity contribution >= 4 is 11.6 Å². The molecule has 0 radical (unpaired) electrons. The molecule has 2 aromatic rings. The molecule has 0 N–H and O–H groups in total. The average Bonchev–Trinajstić information content (AvgIpc) is 2.41. The van der Waals surface area contributed by atoms with Crippen molar-refractivity contribution in [2.45, 2.75) is 26.7 Å². The zero-order valence-corrected chi connectivity index (χ0v) is 11.0. The van der Waals surface area contributed by atoms with Crippen LogP contribution in [-0.2, 0) is 12.8 Å². The summed E-state index contributed by atoms with van der Waals surface area (Å²) in [7, 11) is 0. The highest BCUT2D eigenvalue weighted by atomic mass is 35.5. The van der Waals surface area contributed by atoms with Gasteiger partial charge in [-0.15, -0.1) is 5.10 Å². The second-order valence-corrected chi connectivity index (χ2v) is 3.95. The van der Waals surface area contributed by atoms with Gasteiger partial charge in [-0.1, -0.05) is 30.5 Å². The molecule has 0 spiro atoms. The number of pyridine rings is 1. The largest absolute Gasteiger partial charge is 0.420 e. The summed E-state index contributed by atoms with van der Waals surface area (Å²) < 4.78 is 5.47. The van der Waals surface area contributed by atoms with Gasteiger partial charge in [-0.3, -0.25) is 0 Å². The second-order valence-electron chi connectivity index (χ2n) is 3.59. The maximum absolute atomic E-state index is 5.89. The Morgan fingerprint density at radius 2 is 1.94 bits per heavy atom. The molecule has 0 unspecified atom stereocenters. The van der Waals surface area contributed by atoms with Gasteiger partial charge in [0, 0.05) is 6.20 Å². The first-order chi connectivity index (χ1) is 8.74. The molecule has 2 heterocycles. The molecular weight excluding hydrogens is 252 g/mol. The highest BCUT2D eigenvalue weighted by Crippen LogP contribution is 2.24. The Morgan fingerprint density at radius 1 is 1.17 bits per heavy atom. The molecule has 94 valence electrons. The van der Waals surface area contributed by atoms with Crippen LogP contribution in [0.5, 0.6) is 11.8 Å². The third kappa shape index (κ3) is 2.73. The molecule has 5 nitrogen and oxygen atoms in total. The molecule has 0 aliphatic heterocycles. The van der Waals surface area contributed by atoms with Crippen molar-refractivity contribution in [3.8, 4) is 11.8 Å². The lowest BCUT2D eigenvalue weighted by Gasteiger charge is -2.07. The van der Waals surface area contributed by atoms with Crippen LogP contribution in [0.1, 0.15) is 25.2 Å². The van der Waals surface area contributed by atoms with Crippen LogP contribution in [0.4, 0.5) is 0 Å². The first kappa shape index (κ1) is 12.7. The fraction of sp³-hybridized carbons (Fsp3) is 0.333. The van der Waals surface area contributed by atoms with Crippen LogP contribution in [-0.4, -0.2) is 20.2 Å². The molecule has 0 amide bonds. The van der Waals surface area contributed by atoms with Crippen molar-refractivity contribution in [1.82, 2.24) is 20.2 Å². The fourth-order valence-electron chi connectivity index (χ4n) is 1.51. The normalized spacial score (nSPS) is 10.4. The Balaban J connectivity index is 2.27. The number of aryl methyl sites for hydroxylation is 2. The topological polar surface area (TPSA) is 60.8 Å². The maximum Gasteiger partial charge on any atom is 0.341 e. The van der Waals surface area contributed by atoms with E-state index in [2.05, 4.69) is 20.2 Å². The van der Waals surface area contributed by atoms with Gasteiger partial charge >= 0.3 is 6.01 Å². The Morgan fingerprint density at radius 3 is 2.61 bits per heavy atom. The van der Waals surface area contributed by atoms with Crippen molar-refractivity contribution in [2.24, 2.45) is 0 Å². The smallest absolute Gasteiger partial charge is 0.341 e. The molecular formula is C12H13ClN4O. The molecule has 0 aromatic carbocycles. The van der Waals surface area contributed by atoms with Gasteiger partial charge in [0.15, 0.2) is 10.9 Å². The van der Waals surface area contributed by atoms with Crippen LogP contribution < -0.4 is 4.74 Å². The third-order valence-electron chi connectivity index (χ3n) is 2.42. The number of hydrogen-bond donors (Lipinski definition) is 0. The van der Waals surface area contributed by atoms with Crippen LogP contribution in [0.25, 0.3) is 0 Å². The van der Waals surface area contributed by atoms with E-state index in [4.69, 9.17) is 16.3 Å². The zero-order chi connectivity index (χ0) is 13.0. The van der Waals surface area contributed by atoms with Gasteiger partial charge in [0.05, 0.1) is 11.4 Å². The van der Waals surface area contributed by atoms with Crippen LogP contribution in [0, 0.1) is 0 Å².